The molecule has 0 aliphatic rings. The summed E-state index contributed by atoms with van der Waals surface area (Å²) in [5.41, 5.74) is -0.289. The van der Waals surface area contributed by atoms with Gasteiger partial charge in [-0.2, -0.15) is 13.2 Å². The summed E-state index contributed by atoms with van der Waals surface area (Å²) in [5, 5.41) is 17.3. The second kappa shape index (κ2) is 4.83. The molecular weight excluding hydrogens is 261 g/mol. The number of hydrogen-bond donors (Lipinski definition) is 2. The van der Waals surface area contributed by atoms with Crippen LogP contribution in [0.5, 0.6) is 5.75 Å². The molecule has 0 aliphatic carbocycles. The van der Waals surface area contributed by atoms with Crippen LogP contribution in [-0.4, -0.2) is 22.4 Å². The standard InChI is InChI=1S/C10H8ClF3O3/c11-7-3-5(1-2-8(7)15)6(4-9(16)17)10(12,13)14/h1-3,6,15H,4H2,(H,16,17). The van der Waals surface area contributed by atoms with E-state index >= 15 is 0 Å². The van der Waals surface area contributed by atoms with Crippen molar-refractivity contribution >= 4 is 17.6 Å². The number of rotatable bonds is 3. The number of alkyl halides is 3. The van der Waals surface area contributed by atoms with Crippen LogP contribution < -0.4 is 0 Å². The minimum atomic E-state index is -4.68. The summed E-state index contributed by atoms with van der Waals surface area (Å²) >= 11 is 5.48. The van der Waals surface area contributed by atoms with Crippen molar-refractivity contribution in [2.75, 3.05) is 0 Å². The fraction of sp³-hybridized carbons (Fsp3) is 0.300. The lowest BCUT2D eigenvalue weighted by atomic mass is 9.95. The van der Waals surface area contributed by atoms with Gasteiger partial charge in [0.25, 0.3) is 0 Å². The highest BCUT2D eigenvalue weighted by Gasteiger charge is 2.42. The van der Waals surface area contributed by atoms with Gasteiger partial charge in [0.1, 0.15) is 5.75 Å². The Morgan fingerprint density at radius 3 is 2.41 bits per heavy atom. The van der Waals surface area contributed by atoms with Crippen molar-refractivity contribution in [1.82, 2.24) is 0 Å². The Morgan fingerprint density at radius 2 is 2.00 bits per heavy atom. The van der Waals surface area contributed by atoms with Gasteiger partial charge in [0, 0.05) is 0 Å². The van der Waals surface area contributed by atoms with Gasteiger partial charge in [0.15, 0.2) is 0 Å². The minimum absolute atomic E-state index is 0.248. The maximum Gasteiger partial charge on any atom is 0.396 e. The molecule has 0 amide bonds. The number of carboxylic acid groups (broad SMARTS) is 1. The molecule has 94 valence electrons. The molecule has 1 aromatic carbocycles. The number of aromatic hydroxyl groups is 1. The Morgan fingerprint density at radius 1 is 1.41 bits per heavy atom. The van der Waals surface area contributed by atoms with Crippen LogP contribution in [0.1, 0.15) is 17.9 Å². The number of phenols is 1. The lowest BCUT2D eigenvalue weighted by molar-refractivity contribution is -0.163. The number of carboxylic acids is 1. The first-order valence-electron chi connectivity index (χ1n) is 4.48. The first-order chi connectivity index (χ1) is 7.71. The zero-order chi connectivity index (χ0) is 13.2. The fourth-order valence-corrected chi connectivity index (χ4v) is 1.53. The number of hydrogen-bond acceptors (Lipinski definition) is 2. The predicted octanol–water partition coefficient (Wildman–Crippen LogP) is 3.17. The van der Waals surface area contributed by atoms with Gasteiger partial charge in [0.05, 0.1) is 17.4 Å². The number of benzene rings is 1. The van der Waals surface area contributed by atoms with Crippen LogP contribution in [0.2, 0.25) is 5.02 Å². The molecule has 0 saturated carbocycles. The molecule has 0 spiro atoms. The molecule has 3 nitrogen and oxygen atoms in total. The van der Waals surface area contributed by atoms with Gasteiger partial charge in [-0.15, -0.1) is 0 Å². The molecule has 1 atom stereocenters. The summed E-state index contributed by atoms with van der Waals surface area (Å²) in [6.07, 6.45) is -5.76. The quantitative estimate of drug-likeness (QED) is 0.885. The van der Waals surface area contributed by atoms with Crippen LogP contribution in [0.15, 0.2) is 18.2 Å². The summed E-state index contributed by atoms with van der Waals surface area (Å²) < 4.78 is 37.9. The van der Waals surface area contributed by atoms with Crippen molar-refractivity contribution in [1.29, 1.82) is 0 Å². The van der Waals surface area contributed by atoms with E-state index in [1.54, 1.807) is 0 Å². The smallest absolute Gasteiger partial charge is 0.396 e. The highest BCUT2D eigenvalue weighted by atomic mass is 35.5. The molecule has 17 heavy (non-hydrogen) atoms. The molecule has 0 aliphatic heterocycles. The third-order valence-electron chi connectivity index (χ3n) is 2.15. The second-order valence-electron chi connectivity index (χ2n) is 3.40. The molecule has 0 radical (unpaired) electrons. The van der Waals surface area contributed by atoms with Crippen LogP contribution in [0.3, 0.4) is 0 Å². The molecule has 0 saturated heterocycles. The molecule has 1 aromatic rings. The van der Waals surface area contributed by atoms with E-state index in [4.69, 9.17) is 21.8 Å². The van der Waals surface area contributed by atoms with Gasteiger partial charge in [-0.25, -0.2) is 0 Å². The predicted molar refractivity (Wildman–Crippen MR) is 54.2 cm³/mol. The molecule has 1 rings (SSSR count). The Hall–Kier alpha value is -1.43. The molecule has 0 heterocycles. The lowest BCUT2D eigenvalue weighted by Gasteiger charge is -2.19. The zero-order valence-electron chi connectivity index (χ0n) is 8.33. The number of phenolic OH excluding ortho intramolecular Hbond substituents is 1. The van der Waals surface area contributed by atoms with Gasteiger partial charge in [-0.05, 0) is 17.7 Å². The molecule has 0 fully saturated rings. The van der Waals surface area contributed by atoms with E-state index in [0.717, 1.165) is 18.2 Å². The number of carbonyl (C=O) groups is 1. The first-order valence-corrected chi connectivity index (χ1v) is 4.86. The van der Waals surface area contributed by atoms with Crippen molar-refractivity contribution in [3.8, 4) is 5.75 Å². The van der Waals surface area contributed by atoms with E-state index in [1.165, 1.54) is 0 Å². The monoisotopic (exact) mass is 268 g/mol. The molecule has 7 heteroatoms. The summed E-state index contributed by atoms with van der Waals surface area (Å²) in [4.78, 5) is 10.4. The number of aliphatic carboxylic acids is 1. The molecule has 0 bridgehead atoms. The normalized spacial score (nSPS) is 13.4. The molecular formula is C10H8ClF3O3. The topological polar surface area (TPSA) is 57.5 Å². The van der Waals surface area contributed by atoms with Gasteiger partial charge in [-0.1, -0.05) is 17.7 Å². The largest absolute Gasteiger partial charge is 0.506 e. The average molecular weight is 269 g/mol. The zero-order valence-corrected chi connectivity index (χ0v) is 9.09. The van der Waals surface area contributed by atoms with Crippen LogP contribution >= 0.6 is 11.6 Å². The van der Waals surface area contributed by atoms with E-state index in [2.05, 4.69) is 0 Å². The summed E-state index contributed by atoms with van der Waals surface area (Å²) in [7, 11) is 0. The van der Waals surface area contributed by atoms with E-state index in [1.807, 2.05) is 0 Å². The van der Waals surface area contributed by atoms with Gasteiger partial charge in [-0.3, -0.25) is 4.79 Å². The fourth-order valence-electron chi connectivity index (χ4n) is 1.34. The SMILES string of the molecule is O=C(O)CC(c1ccc(O)c(Cl)c1)C(F)(F)F. The van der Waals surface area contributed by atoms with Crippen molar-refractivity contribution < 1.29 is 28.2 Å². The van der Waals surface area contributed by atoms with Gasteiger partial charge < -0.3 is 10.2 Å². The molecule has 0 aromatic heterocycles. The van der Waals surface area contributed by atoms with Crippen LogP contribution in [-0.2, 0) is 4.79 Å². The van der Waals surface area contributed by atoms with Gasteiger partial charge >= 0.3 is 12.1 Å². The van der Waals surface area contributed by atoms with E-state index in [-0.39, 0.29) is 16.3 Å². The van der Waals surface area contributed by atoms with E-state index < -0.39 is 24.5 Å². The lowest BCUT2D eigenvalue weighted by Crippen LogP contribution is -2.23. The van der Waals surface area contributed by atoms with Crippen LogP contribution in [0.4, 0.5) is 13.2 Å². The van der Waals surface area contributed by atoms with Crippen molar-refractivity contribution in [3.63, 3.8) is 0 Å². The van der Waals surface area contributed by atoms with Crippen molar-refractivity contribution in [2.24, 2.45) is 0 Å². The Bertz CT molecular complexity index is 431. The third-order valence-corrected chi connectivity index (χ3v) is 2.45. The summed E-state index contributed by atoms with van der Waals surface area (Å²) in [5.74, 6) is -4.05. The van der Waals surface area contributed by atoms with Gasteiger partial charge in [0.2, 0.25) is 0 Å². The van der Waals surface area contributed by atoms with Crippen LogP contribution in [0.25, 0.3) is 0 Å². The highest BCUT2D eigenvalue weighted by molar-refractivity contribution is 6.32. The minimum Gasteiger partial charge on any atom is -0.506 e. The first kappa shape index (κ1) is 13.6. The second-order valence-corrected chi connectivity index (χ2v) is 3.81. The molecule has 1 unspecified atom stereocenters. The Labute approximate surface area is 99.4 Å². The number of halogens is 4. The Kier molecular flexibility index (Phi) is 3.87. The third kappa shape index (κ3) is 3.52. The van der Waals surface area contributed by atoms with Crippen molar-refractivity contribution in [2.45, 2.75) is 18.5 Å². The van der Waals surface area contributed by atoms with E-state index in [0.29, 0.717) is 0 Å². The average Bonchev–Trinajstić information content (AvgIpc) is 2.17. The van der Waals surface area contributed by atoms with Crippen molar-refractivity contribution in [3.05, 3.63) is 28.8 Å². The Balaban J connectivity index is 3.13. The summed E-state index contributed by atoms with van der Waals surface area (Å²) in [6.45, 7) is 0. The highest BCUT2D eigenvalue weighted by Crippen LogP contribution is 2.39. The summed E-state index contributed by atoms with van der Waals surface area (Å²) in [6, 6.07) is 2.92. The van der Waals surface area contributed by atoms with E-state index in [9.17, 15) is 18.0 Å². The molecule has 2 N–H and O–H groups in total. The maximum atomic E-state index is 12.6. The van der Waals surface area contributed by atoms with Crippen LogP contribution in [0, 0.1) is 0 Å². The maximum absolute atomic E-state index is 12.6.